The van der Waals surface area contributed by atoms with Crippen molar-refractivity contribution < 1.29 is 13.9 Å². The van der Waals surface area contributed by atoms with Crippen molar-refractivity contribution in [2.75, 3.05) is 19.7 Å². The number of benzene rings is 2. The molecule has 1 saturated carbocycles. The molecule has 2 aromatic rings. The molecule has 0 amide bonds. The van der Waals surface area contributed by atoms with Gasteiger partial charge in [-0.3, -0.25) is 4.90 Å². The number of fused-ring (bicyclic) bond motifs is 1. The lowest BCUT2D eigenvalue weighted by atomic mass is 9.89. The summed E-state index contributed by atoms with van der Waals surface area (Å²) >= 11 is 0. The first-order valence-electron chi connectivity index (χ1n) is 10.6. The fourth-order valence-electron chi connectivity index (χ4n) is 4.40. The zero-order valence-electron chi connectivity index (χ0n) is 16.5. The highest BCUT2D eigenvalue weighted by Gasteiger charge is 2.21. The summed E-state index contributed by atoms with van der Waals surface area (Å²) < 4.78 is 25.1. The van der Waals surface area contributed by atoms with E-state index in [-0.39, 0.29) is 5.82 Å². The second kappa shape index (κ2) is 9.53. The van der Waals surface area contributed by atoms with Crippen LogP contribution in [0.3, 0.4) is 0 Å². The molecule has 4 rings (SSSR count). The van der Waals surface area contributed by atoms with Crippen molar-refractivity contribution in [3.05, 3.63) is 65.0 Å². The standard InChI is InChI=1S/C24H30FNO2/c25-23-8-4-7-20(14-23)17-27-18-21-9-10-24-22(13-21)16-26(11-12-28-24)15-19-5-2-1-3-6-19/h4,7-10,13-14,19H,1-3,5-6,11-12,15-18H2. The number of halogens is 1. The van der Waals surface area contributed by atoms with Gasteiger partial charge in [-0.05, 0) is 54.2 Å². The lowest BCUT2D eigenvalue weighted by Crippen LogP contribution is -2.32. The molecule has 1 heterocycles. The summed E-state index contributed by atoms with van der Waals surface area (Å²) in [6, 6.07) is 12.9. The lowest BCUT2D eigenvalue weighted by Gasteiger charge is -2.28. The third-order valence-electron chi connectivity index (χ3n) is 5.85. The van der Waals surface area contributed by atoms with E-state index in [0.717, 1.165) is 42.5 Å². The third kappa shape index (κ3) is 5.33. The zero-order chi connectivity index (χ0) is 19.2. The smallest absolute Gasteiger partial charge is 0.123 e. The molecule has 2 aliphatic rings. The molecule has 1 aliphatic heterocycles. The van der Waals surface area contributed by atoms with Gasteiger partial charge in [-0.25, -0.2) is 4.39 Å². The van der Waals surface area contributed by atoms with E-state index in [2.05, 4.69) is 23.1 Å². The minimum atomic E-state index is -0.221. The molecule has 0 radical (unpaired) electrons. The maximum atomic E-state index is 13.3. The van der Waals surface area contributed by atoms with Crippen LogP contribution in [0.4, 0.5) is 4.39 Å². The van der Waals surface area contributed by atoms with Gasteiger partial charge in [-0.2, -0.15) is 0 Å². The molecular weight excluding hydrogens is 353 g/mol. The summed E-state index contributed by atoms with van der Waals surface area (Å²) in [6.07, 6.45) is 6.93. The summed E-state index contributed by atoms with van der Waals surface area (Å²) in [5.74, 6) is 1.62. The first kappa shape index (κ1) is 19.4. The fourth-order valence-corrected chi connectivity index (χ4v) is 4.40. The summed E-state index contributed by atoms with van der Waals surface area (Å²) in [5, 5.41) is 0. The van der Waals surface area contributed by atoms with Crippen LogP contribution < -0.4 is 4.74 Å². The van der Waals surface area contributed by atoms with Gasteiger partial charge < -0.3 is 9.47 Å². The quantitative estimate of drug-likeness (QED) is 0.674. The number of nitrogens with zero attached hydrogens (tertiary/aromatic N) is 1. The van der Waals surface area contributed by atoms with Crippen LogP contribution in [0.2, 0.25) is 0 Å². The Morgan fingerprint density at radius 1 is 1.00 bits per heavy atom. The Kier molecular flexibility index (Phi) is 6.61. The van der Waals surface area contributed by atoms with Crippen molar-refractivity contribution in [3.63, 3.8) is 0 Å². The monoisotopic (exact) mass is 383 g/mol. The molecule has 0 saturated heterocycles. The van der Waals surface area contributed by atoms with Crippen LogP contribution in [-0.4, -0.2) is 24.6 Å². The van der Waals surface area contributed by atoms with Crippen LogP contribution in [0.25, 0.3) is 0 Å². The minimum absolute atomic E-state index is 0.221. The Bertz CT molecular complexity index is 773. The largest absolute Gasteiger partial charge is 0.492 e. The Labute approximate surface area is 167 Å². The van der Waals surface area contributed by atoms with E-state index in [1.54, 1.807) is 6.07 Å². The molecular formula is C24H30FNO2. The predicted molar refractivity (Wildman–Crippen MR) is 109 cm³/mol. The lowest BCUT2D eigenvalue weighted by molar-refractivity contribution is 0.107. The van der Waals surface area contributed by atoms with Gasteiger partial charge >= 0.3 is 0 Å². The third-order valence-corrected chi connectivity index (χ3v) is 5.85. The average molecular weight is 384 g/mol. The first-order chi connectivity index (χ1) is 13.8. The Morgan fingerprint density at radius 2 is 1.82 bits per heavy atom. The molecule has 150 valence electrons. The summed E-state index contributed by atoms with van der Waals surface area (Å²) in [4.78, 5) is 2.55. The molecule has 1 aliphatic carbocycles. The van der Waals surface area contributed by atoms with Gasteiger partial charge in [0.2, 0.25) is 0 Å². The normalized spacial score (nSPS) is 18.3. The van der Waals surface area contributed by atoms with E-state index in [1.165, 1.54) is 56.3 Å². The SMILES string of the molecule is Fc1cccc(COCc2ccc3c(c2)CN(CC2CCCCC2)CCO3)c1. The summed E-state index contributed by atoms with van der Waals surface area (Å²) in [6.45, 7) is 4.82. The zero-order valence-corrected chi connectivity index (χ0v) is 16.5. The predicted octanol–water partition coefficient (Wildman–Crippen LogP) is 5.32. The molecule has 0 bridgehead atoms. The van der Waals surface area contributed by atoms with E-state index in [9.17, 15) is 4.39 Å². The number of hydrogen-bond donors (Lipinski definition) is 0. The Balaban J connectivity index is 1.35. The van der Waals surface area contributed by atoms with E-state index in [4.69, 9.17) is 9.47 Å². The minimum Gasteiger partial charge on any atom is -0.492 e. The van der Waals surface area contributed by atoms with Crippen molar-refractivity contribution in [1.29, 1.82) is 0 Å². The highest BCUT2D eigenvalue weighted by Crippen LogP contribution is 2.28. The molecule has 0 spiro atoms. The molecule has 0 aromatic heterocycles. The molecule has 0 unspecified atom stereocenters. The Hall–Kier alpha value is -1.91. The number of rotatable bonds is 6. The van der Waals surface area contributed by atoms with Crippen molar-refractivity contribution >= 4 is 0 Å². The van der Waals surface area contributed by atoms with Crippen LogP contribution in [-0.2, 0) is 24.5 Å². The van der Waals surface area contributed by atoms with Gasteiger partial charge in [-0.15, -0.1) is 0 Å². The molecule has 1 fully saturated rings. The van der Waals surface area contributed by atoms with Gasteiger partial charge in [0.15, 0.2) is 0 Å². The van der Waals surface area contributed by atoms with Gasteiger partial charge in [0.05, 0.1) is 13.2 Å². The molecule has 0 atom stereocenters. The van der Waals surface area contributed by atoms with Crippen molar-refractivity contribution in [1.82, 2.24) is 4.90 Å². The van der Waals surface area contributed by atoms with Crippen LogP contribution in [0.15, 0.2) is 42.5 Å². The molecule has 0 N–H and O–H groups in total. The van der Waals surface area contributed by atoms with Gasteiger partial charge in [0.1, 0.15) is 18.2 Å². The molecule has 28 heavy (non-hydrogen) atoms. The van der Waals surface area contributed by atoms with Crippen LogP contribution >= 0.6 is 0 Å². The number of hydrogen-bond acceptors (Lipinski definition) is 3. The molecule has 3 nitrogen and oxygen atoms in total. The van der Waals surface area contributed by atoms with E-state index in [1.807, 2.05) is 6.07 Å². The van der Waals surface area contributed by atoms with E-state index in [0.29, 0.717) is 13.2 Å². The van der Waals surface area contributed by atoms with Crippen molar-refractivity contribution in [2.45, 2.75) is 51.9 Å². The van der Waals surface area contributed by atoms with Gasteiger partial charge in [0.25, 0.3) is 0 Å². The first-order valence-corrected chi connectivity index (χ1v) is 10.6. The van der Waals surface area contributed by atoms with Crippen molar-refractivity contribution in [3.8, 4) is 5.75 Å². The average Bonchev–Trinajstić information content (AvgIpc) is 2.90. The van der Waals surface area contributed by atoms with Crippen molar-refractivity contribution in [2.24, 2.45) is 5.92 Å². The summed E-state index contributed by atoms with van der Waals surface area (Å²) in [7, 11) is 0. The van der Waals surface area contributed by atoms with E-state index < -0.39 is 0 Å². The second-order valence-corrected chi connectivity index (χ2v) is 8.15. The van der Waals surface area contributed by atoms with Crippen LogP contribution in [0, 0.1) is 11.7 Å². The molecule has 4 heteroatoms. The summed E-state index contributed by atoms with van der Waals surface area (Å²) in [5.41, 5.74) is 3.25. The maximum Gasteiger partial charge on any atom is 0.123 e. The maximum absolute atomic E-state index is 13.3. The molecule has 2 aromatic carbocycles. The second-order valence-electron chi connectivity index (χ2n) is 8.15. The fraction of sp³-hybridized carbons (Fsp3) is 0.500. The van der Waals surface area contributed by atoms with E-state index >= 15 is 0 Å². The Morgan fingerprint density at radius 3 is 2.64 bits per heavy atom. The van der Waals surface area contributed by atoms with Crippen LogP contribution in [0.5, 0.6) is 5.75 Å². The van der Waals surface area contributed by atoms with Gasteiger partial charge in [0, 0.05) is 25.2 Å². The highest BCUT2D eigenvalue weighted by atomic mass is 19.1. The topological polar surface area (TPSA) is 21.7 Å². The van der Waals surface area contributed by atoms with Crippen LogP contribution in [0.1, 0.15) is 48.8 Å². The number of ether oxygens (including phenoxy) is 2. The van der Waals surface area contributed by atoms with Gasteiger partial charge in [-0.1, -0.05) is 37.5 Å². The highest BCUT2D eigenvalue weighted by molar-refractivity contribution is 5.37.